The first-order chi connectivity index (χ1) is 11.0. The van der Waals surface area contributed by atoms with E-state index in [0.717, 1.165) is 25.0 Å². The van der Waals surface area contributed by atoms with Crippen LogP contribution in [0, 0.1) is 5.92 Å². The Bertz CT molecular complexity index is 610. The monoisotopic (exact) mass is 373 g/mol. The van der Waals surface area contributed by atoms with Gasteiger partial charge in [-0.25, -0.2) is 0 Å². The number of hydrogen-bond acceptors (Lipinski definition) is 4. The highest BCUT2D eigenvalue weighted by atomic mass is 35.5. The van der Waals surface area contributed by atoms with E-state index >= 15 is 0 Å². The molecule has 23 heavy (non-hydrogen) atoms. The summed E-state index contributed by atoms with van der Waals surface area (Å²) in [7, 11) is 1.58. The Morgan fingerprint density at radius 1 is 1.35 bits per heavy atom. The SMILES string of the molecule is CCC(=NOC)[C@@H]1[C@@H]2SC(CC2O)C[C@H]1c1ccc(Cl)c(Cl)c1. The van der Waals surface area contributed by atoms with E-state index in [2.05, 4.69) is 12.1 Å². The summed E-state index contributed by atoms with van der Waals surface area (Å²) in [6.07, 6.45) is 2.40. The molecule has 2 aliphatic rings. The second kappa shape index (κ2) is 7.22. The van der Waals surface area contributed by atoms with Crippen molar-refractivity contribution >= 4 is 40.7 Å². The number of hydrogen-bond donors (Lipinski definition) is 1. The Morgan fingerprint density at radius 2 is 2.13 bits per heavy atom. The van der Waals surface area contributed by atoms with E-state index < -0.39 is 0 Å². The van der Waals surface area contributed by atoms with Gasteiger partial charge >= 0.3 is 0 Å². The third-order valence-corrected chi connectivity index (χ3v) is 7.30. The van der Waals surface area contributed by atoms with Crippen LogP contribution in [-0.2, 0) is 4.84 Å². The summed E-state index contributed by atoms with van der Waals surface area (Å²) in [5.74, 6) is 0.447. The maximum Gasteiger partial charge on any atom is 0.106 e. The fourth-order valence-electron chi connectivity index (χ4n) is 3.89. The van der Waals surface area contributed by atoms with Crippen LogP contribution < -0.4 is 0 Å². The number of halogens is 2. The van der Waals surface area contributed by atoms with Gasteiger partial charge in [0.25, 0.3) is 0 Å². The zero-order valence-corrected chi connectivity index (χ0v) is 15.5. The van der Waals surface area contributed by atoms with Gasteiger partial charge in [0.1, 0.15) is 7.11 Å². The topological polar surface area (TPSA) is 41.8 Å². The van der Waals surface area contributed by atoms with Gasteiger partial charge < -0.3 is 9.94 Å². The molecule has 0 spiro atoms. The van der Waals surface area contributed by atoms with Crippen LogP contribution in [0.3, 0.4) is 0 Å². The number of oxime groups is 1. The largest absolute Gasteiger partial charge is 0.399 e. The average molecular weight is 374 g/mol. The van der Waals surface area contributed by atoms with Gasteiger partial charge in [0.15, 0.2) is 0 Å². The Morgan fingerprint density at radius 3 is 2.78 bits per heavy atom. The van der Waals surface area contributed by atoms with Gasteiger partial charge in [0.2, 0.25) is 0 Å². The summed E-state index contributed by atoms with van der Waals surface area (Å²) >= 11 is 14.2. The van der Waals surface area contributed by atoms with Crippen molar-refractivity contribution in [3.05, 3.63) is 33.8 Å². The molecule has 126 valence electrons. The van der Waals surface area contributed by atoms with Crippen molar-refractivity contribution in [3.63, 3.8) is 0 Å². The van der Waals surface area contributed by atoms with Crippen LogP contribution in [0.15, 0.2) is 23.4 Å². The maximum atomic E-state index is 10.5. The third-order valence-electron chi connectivity index (χ3n) is 4.86. The predicted molar refractivity (Wildman–Crippen MR) is 97.8 cm³/mol. The van der Waals surface area contributed by atoms with Crippen LogP contribution >= 0.6 is 35.0 Å². The molecule has 5 atom stereocenters. The smallest absolute Gasteiger partial charge is 0.106 e. The summed E-state index contributed by atoms with van der Waals surface area (Å²) in [5, 5.41) is 16.6. The summed E-state index contributed by atoms with van der Waals surface area (Å²) in [5.41, 5.74) is 2.19. The first-order valence-corrected chi connectivity index (χ1v) is 9.63. The van der Waals surface area contributed by atoms with E-state index in [1.165, 1.54) is 5.56 Å². The lowest BCUT2D eigenvalue weighted by Crippen LogP contribution is -2.38. The minimum atomic E-state index is -0.281. The Hall–Kier alpha value is -0.420. The summed E-state index contributed by atoms with van der Waals surface area (Å²) < 4.78 is 0. The second-order valence-corrected chi connectivity index (χ2v) is 8.48. The molecule has 0 radical (unpaired) electrons. The number of aliphatic hydroxyl groups excluding tert-OH is 1. The standard InChI is InChI=1S/C17H21Cl2NO2S/c1-3-14(20-22-2)16-11(7-10-8-15(21)17(16)23-10)9-4-5-12(18)13(19)6-9/h4-6,10-11,15-17,21H,3,7-8H2,1-2H3/t10?,11-,15?,16+,17+/m0/s1. The van der Waals surface area contributed by atoms with Crippen molar-refractivity contribution in [2.24, 2.45) is 11.1 Å². The fourth-order valence-corrected chi connectivity index (χ4v) is 6.08. The highest BCUT2D eigenvalue weighted by Gasteiger charge is 2.49. The molecule has 0 aliphatic carbocycles. The van der Waals surface area contributed by atoms with Gasteiger partial charge in [-0.2, -0.15) is 11.8 Å². The lowest BCUT2D eigenvalue weighted by molar-refractivity contribution is 0.162. The lowest BCUT2D eigenvalue weighted by atomic mass is 9.78. The van der Waals surface area contributed by atoms with Gasteiger partial charge in [-0.3, -0.25) is 0 Å². The van der Waals surface area contributed by atoms with Gasteiger partial charge in [-0.15, -0.1) is 0 Å². The number of fused-ring (bicyclic) bond motifs is 2. The highest BCUT2D eigenvalue weighted by molar-refractivity contribution is 8.00. The molecule has 0 saturated carbocycles. The molecule has 2 bridgehead atoms. The zero-order chi connectivity index (χ0) is 16.6. The van der Waals surface area contributed by atoms with E-state index in [9.17, 15) is 5.11 Å². The molecule has 0 aromatic heterocycles. The maximum absolute atomic E-state index is 10.5. The van der Waals surface area contributed by atoms with Gasteiger partial charge in [0.05, 0.1) is 21.9 Å². The van der Waals surface area contributed by atoms with Crippen molar-refractivity contribution in [1.82, 2.24) is 0 Å². The molecule has 2 aliphatic heterocycles. The summed E-state index contributed by atoms with van der Waals surface area (Å²) in [6, 6.07) is 5.87. The predicted octanol–water partition coefficient (Wildman–Crippen LogP) is 4.74. The molecule has 2 fully saturated rings. The molecular weight excluding hydrogens is 353 g/mol. The van der Waals surface area contributed by atoms with Crippen LogP contribution in [0.2, 0.25) is 10.0 Å². The van der Waals surface area contributed by atoms with Crippen molar-refractivity contribution in [2.45, 2.75) is 48.7 Å². The fraction of sp³-hybridized carbons (Fsp3) is 0.588. The Balaban J connectivity index is 2.01. The first kappa shape index (κ1) is 17.4. The molecule has 6 heteroatoms. The number of rotatable bonds is 4. The molecular formula is C17H21Cl2NO2S. The minimum absolute atomic E-state index is 0.163. The Labute approximate surface area is 151 Å². The van der Waals surface area contributed by atoms with Gasteiger partial charge in [0, 0.05) is 16.4 Å². The van der Waals surface area contributed by atoms with E-state index in [1.807, 2.05) is 30.0 Å². The molecule has 0 amide bonds. The Kier molecular flexibility index (Phi) is 5.46. The van der Waals surface area contributed by atoms with Gasteiger partial charge in [-0.05, 0) is 42.9 Å². The molecule has 3 nitrogen and oxygen atoms in total. The molecule has 2 unspecified atom stereocenters. The summed E-state index contributed by atoms with van der Waals surface area (Å²) in [4.78, 5) is 5.07. The van der Waals surface area contributed by atoms with Crippen molar-refractivity contribution in [2.75, 3.05) is 7.11 Å². The molecule has 2 heterocycles. The third kappa shape index (κ3) is 3.37. The highest BCUT2D eigenvalue weighted by Crippen LogP contribution is 2.53. The van der Waals surface area contributed by atoms with Crippen molar-refractivity contribution in [3.8, 4) is 0 Å². The van der Waals surface area contributed by atoms with E-state index in [0.29, 0.717) is 15.3 Å². The average Bonchev–Trinajstić information content (AvgIpc) is 2.83. The molecule has 1 aromatic rings. The van der Waals surface area contributed by atoms with Crippen LogP contribution in [0.1, 0.15) is 37.7 Å². The number of aliphatic hydroxyl groups is 1. The number of benzene rings is 1. The van der Waals surface area contributed by atoms with Crippen LogP contribution in [-0.4, -0.2) is 34.5 Å². The zero-order valence-electron chi connectivity index (χ0n) is 13.2. The minimum Gasteiger partial charge on any atom is -0.399 e. The van der Waals surface area contributed by atoms with E-state index in [4.69, 9.17) is 28.0 Å². The van der Waals surface area contributed by atoms with Crippen LogP contribution in [0.5, 0.6) is 0 Å². The molecule has 3 rings (SSSR count). The van der Waals surface area contributed by atoms with E-state index in [-0.39, 0.29) is 23.2 Å². The van der Waals surface area contributed by atoms with Crippen LogP contribution in [0.25, 0.3) is 0 Å². The van der Waals surface area contributed by atoms with Crippen LogP contribution in [0.4, 0.5) is 0 Å². The molecule has 2 saturated heterocycles. The molecule has 1 aromatic carbocycles. The van der Waals surface area contributed by atoms with E-state index in [1.54, 1.807) is 7.11 Å². The molecule has 1 N–H and O–H groups in total. The number of nitrogens with zero attached hydrogens (tertiary/aromatic N) is 1. The normalized spacial score (nSPS) is 33.8. The second-order valence-electron chi connectivity index (χ2n) is 6.19. The quantitative estimate of drug-likeness (QED) is 0.611. The lowest BCUT2D eigenvalue weighted by Gasteiger charge is -2.37. The summed E-state index contributed by atoms with van der Waals surface area (Å²) in [6.45, 7) is 2.09. The van der Waals surface area contributed by atoms with Gasteiger partial charge in [-0.1, -0.05) is 41.3 Å². The first-order valence-electron chi connectivity index (χ1n) is 7.93. The number of thioether (sulfide) groups is 1. The van der Waals surface area contributed by atoms with Crippen molar-refractivity contribution < 1.29 is 9.94 Å². The van der Waals surface area contributed by atoms with Crippen molar-refractivity contribution in [1.29, 1.82) is 0 Å².